The Morgan fingerprint density at radius 2 is 1.77 bits per heavy atom. The molecule has 52 heavy (non-hydrogen) atoms. The van der Waals surface area contributed by atoms with E-state index in [0.29, 0.717) is 36.1 Å². The van der Waals surface area contributed by atoms with E-state index in [4.69, 9.17) is 14.3 Å². The second kappa shape index (κ2) is 16.5. The van der Waals surface area contributed by atoms with Crippen molar-refractivity contribution in [1.82, 2.24) is 20.6 Å². The summed E-state index contributed by atoms with van der Waals surface area (Å²) >= 11 is 0. The minimum Gasteiger partial charge on any atom is -0.459 e. The number of rotatable bonds is 12. The van der Waals surface area contributed by atoms with Gasteiger partial charge < -0.3 is 35.2 Å². The molecule has 12 heteroatoms. The van der Waals surface area contributed by atoms with Gasteiger partial charge in [-0.1, -0.05) is 27.2 Å². The number of carbonyl (C=O) groups excluding carboxylic acids is 3. The fourth-order valence-electron chi connectivity index (χ4n) is 11.1. The van der Waals surface area contributed by atoms with Crippen LogP contribution in [-0.2, 0) is 28.7 Å². The molecule has 6 aliphatic rings. The molecule has 298 valence electrons. The van der Waals surface area contributed by atoms with E-state index in [9.17, 15) is 24.6 Å². The van der Waals surface area contributed by atoms with Gasteiger partial charge in [0.1, 0.15) is 24.3 Å². The first kappa shape index (κ1) is 41.3. The highest BCUT2D eigenvalue weighted by Gasteiger charge is 2.58. The number of hydrogen-bond donors (Lipinski definition) is 4. The van der Waals surface area contributed by atoms with Crippen LogP contribution in [0.3, 0.4) is 0 Å². The summed E-state index contributed by atoms with van der Waals surface area (Å²) in [5.41, 5.74) is -0.318. The molecule has 0 aromatic rings. The van der Waals surface area contributed by atoms with Crippen molar-refractivity contribution >= 4 is 17.8 Å². The Balaban J connectivity index is 1.29. The van der Waals surface area contributed by atoms with Crippen LogP contribution in [0.2, 0.25) is 0 Å². The molecule has 2 amide bonds. The highest BCUT2D eigenvalue weighted by molar-refractivity contribution is 5.84. The zero-order valence-electron chi connectivity index (χ0n) is 33.6. The minimum atomic E-state index is -0.852. The van der Waals surface area contributed by atoms with Crippen LogP contribution < -0.4 is 10.6 Å². The number of esters is 1. The van der Waals surface area contributed by atoms with Crippen LogP contribution in [0, 0.1) is 52.8 Å². The van der Waals surface area contributed by atoms with E-state index >= 15 is 0 Å². The third-order valence-corrected chi connectivity index (χ3v) is 14.0. The molecule has 14 atom stereocenters. The third-order valence-electron chi connectivity index (χ3n) is 14.0. The molecule has 5 aliphatic carbocycles. The molecule has 1 heterocycles. The number of aliphatic hydroxyl groups is 2. The Bertz CT molecular complexity index is 1250. The second-order valence-electron chi connectivity index (χ2n) is 18.9. The Labute approximate surface area is 312 Å². The number of hydroxylamine groups is 2. The number of hydrogen-bond acceptors (Lipinski definition) is 10. The monoisotopic (exact) mass is 735 g/mol. The Hall–Kier alpha value is -1.83. The normalized spacial score (nSPS) is 39.8. The van der Waals surface area contributed by atoms with Crippen LogP contribution in [0.4, 0.5) is 0 Å². The molecule has 0 radical (unpaired) electrons. The van der Waals surface area contributed by atoms with Gasteiger partial charge in [0.05, 0.1) is 18.8 Å². The third kappa shape index (κ3) is 8.83. The molecule has 6 unspecified atom stereocenters. The van der Waals surface area contributed by atoms with Crippen LogP contribution in [0.1, 0.15) is 99.8 Å². The molecule has 5 saturated carbocycles. The standard InChI is InChI=1S/C40H70N4O8/c1-22-30-17-27(40(30,6)7)18-31(22)42-38(49)35-34(23(2)46)32(21-45)52-44(35)20-24-12-11-13-29(36(24)50-10)25-14-26(16-28(15-25)43(8)9)37(48)41-19-33(47)51-39(3,4)5/h22-32,34-36,45-46H,11-21H2,1-10H3,(H,41,48)(H,42,49)/t22-,23-,24?,25?,26?,27+,28?,29?,30-,31-,32-,34-,35-,36?/m0/s1. The van der Waals surface area contributed by atoms with Gasteiger partial charge in [0.15, 0.2) is 0 Å². The molecule has 1 aliphatic heterocycles. The molecule has 0 spiro atoms. The van der Waals surface area contributed by atoms with Crippen molar-refractivity contribution in [1.29, 1.82) is 0 Å². The lowest BCUT2D eigenvalue weighted by atomic mass is 9.45. The van der Waals surface area contributed by atoms with E-state index in [-0.39, 0.29) is 66.8 Å². The minimum absolute atomic E-state index is 0.0485. The Morgan fingerprint density at radius 3 is 2.35 bits per heavy atom. The summed E-state index contributed by atoms with van der Waals surface area (Å²) in [6.07, 6.45) is 5.75. The number of nitrogens with one attached hydrogen (secondary N) is 2. The SMILES string of the molecule is COC1C(CN2O[C@@H](CO)[C@H]([C@H](C)O)[C@H]2C(=O)N[C@H]2C[C@H]3C[C@@H]([C@@H]2C)C3(C)C)CCCC1C1CC(C(=O)NCC(=O)OC(C)(C)C)CC(N(C)C)C1. The predicted molar refractivity (Wildman–Crippen MR) is 198 cm³/mol. The van der Waals surface area contributed by atoms with Gasteiger partial charge in [0, 0.05) is 43.5 Å². The highest BCUT2D eigenvalue weighted by atomic mass is 16.7. The topological polar surface area (TPSA) is 150 Å². The molecular weight excluding hydrogens is 664 g/mol. The van der Waals surface area contributed by atoms with Crippen molar-refractivity contribution in [2.45, 2.75) is 142 Å². The first-order valence-electron chi connectivity index (χ1n) is 20.1. The lowest BCUT2D eigenvalue weighted by Crippen LogP contribution is -2.62. The number of aliphatic hydroxyl groups excluding tert-OH is 2. The van der Waals surface area contributed by atoms with Gasteiger partial charge in [0.25, 0.3) is 0 Å². The quantitative estimate of drug-likeness (QED) is 0.220. The largest absolute Gasteiger partial charge is 0.459 e. The lowest BCUT2D eigenvalue weighted by molar-refractivity contribution is -0.193. The first-order chi connectivity index (χ1) is 24.4. The van der Waals surface area contributed by atoms with Gasteiger partial charge in [0.2, 0.25) is 11.8 Å². The van der Waals surface area contributed by atoms with Crippen LogP contribution in [0.15, 0.2) is 0 Å². The number of methoxy groups -OCH3 is 1. The summed E-state index contributed by atoms with van der Waals surface area (Å²) in [5, 5.41) is 29.3. The summed E-state index contributed by atoms with van der Waals surface area (Å²) in [6, 6.07) is -0.455. The number of nitrogens with zero attached hydrogens (tertiary/aromatic N) is 2. The van der Waals surface area contributed by atoms with E-state index in [2.05, 4.69) is 50.4 Å². The predicted octanol–water partition coefficient (Wildman–Crippen LogP) is 3.38. The molecule has 12 nitrogen and oxygen atoms in total. The van der Waals surface area contributed by atoms with E-state index in [1.165, 1.54) is 6.42 Å². The average molecular weight is 735 g/mol. The molecule has 0 aromatic heterocycles. The smallest absolute Gasteiger partial charge is 0.325 e. The highest BCUT2D eigenvalue weighted by Crippen LogP contribution is 2.61. The number of carbonyl (C=O) groups is 3. The lowest BCUT2D eigenvalue weighted by Gasteiger charge is -2.62. The van der Waals surface area contributed by atoms with Gasteiger partial charge in [-0.3, -0.25) is 19.2 Å². The van der Waals surface area contributed by atoms with E-state index in [1.807, 2.05) is 20.8 Å². The number of amides is 2. The Morgan fingerprint density at radius 1 is 1.06 bits per heavy atom. The van der Waals surface area contributed by atoms with Crippen molar-refractivity contribution in [2.24, 2.45) is 52.8 Å². The summed E-state index contributed by atoms with van der Waals surface area (Å²) in [6.45, 7) is 14.1. The first-order valence-corrected chi connectivity index (χ1v) is 20.1. The average Bonchev–Trinajstić information content (AvgIpc) is 3.45. The fraction of sp³-hybridized carbons (Fsp3) is 0.925. The van der Waals surface area contributed by atoms with Gasteiger partial charge in [-0.15, -0.1) is 0 Å². The van der Waals surface area contributed by atoms with Crippen molar-refractivity contribution in [3.63, 3.8) is 0 Å². The van der Waals surface area contributed by atoms with E-state index < -0.39 is 35.7 Å². The van der Waals surface area contributed by atoms with Crippen molar-refractivity contribution < 1.29 is 38.9 Å². The molecule has 6 rings (SSSR count). The molecule has 6 fully saturated rings. The van der Waals surface area contributed by atoms with Crippen LogP contribution in [0.5, 0.6) is 0 Å². The van der Waals surface area contributed by atoms with Crippen LogP contribution >= 0.6 is 0 Å². The van der Waals surface area contributed by atoms with Gasteiger partial charge in [-0.05, 0) is 122 Å². The zero-order chi connectivity index (χ0) is 38.3. The van der Waals surface area contributed by atoms with Crippen molar-refractivity contribution in [2.75, 3.05) is 40.9 Å². The zero-order valence-corrected chi connectivity index (χ0v) is 33.6. The van der Waals surface area contributed by atoms with Crippen LogP contribution in [0.25, 0.3) is 0 Å². The molecule has 2 bridgehead atoms. The molecule has 0 aromatic carbocycles. The summed E-state index contributed by atoms with van der Waals surface area (Å²) < 4.78 is 11.7. The van der Waals surface area contributed by atoms with E-state index in [0.717, 1.165) is 38.5 Å². The summed E-state index contributed by atoms with van der Waals surface area (Å²) in [7, 11) is 5.88. The van der Waals surface area contributed by atoms with Gasteiger partial charge >= 0.3 is 5.97 Å². The molecular formula is C40H70N4O8. The summed E-state index contributed by atoms with van der Waals surface area (Å²) in [5.74, 6) is 0.491. The van der Waals surface area contributed by atoms with Gasteiger partial charge in [-0.25, -0.2) is 0 Å². The van der Waals surface area contributed by atoms with Crippen LogP contribution in [-0.4, -0.2) is 121 Å². The van der Waals surface area contributed by atoms with Crippen molar-refractivity contribution in [3.8, 4) is 0 Å². The maximum atomic E-state index is 14.3. The van der Waals surface area contributed by atoms with Gasteiger partial charge in [-0.2, -0.15) is 5.06 Å². The number of fused-ring (bicyclic) bond motifs is 2. The Kier molecular flexibility index (Phi) is 13.1. The van der Waals surface area contributed by atoms with Crippen molar-refractivity contribution in [3.05, 3.63) is 0 Å². The molecule has 4 N–H and O–H groups in total. The fourth-order valence-corrected chi connectivity index (χ4v) is 11.1. The second-order valence-corrected chi connectivity index (χ2v) is 18.9. The maximum Gasteiger partial charge on any atom is 0.325 e. The maximum absolute atomic E-state index is 14.3. The molecule has 1 saturated heterocycles. The number of ether oxygens (including phenoxy) is 2. The van der Waals surface area contributed by atoms with E-state index in [1.54, 1.807) is 19.1 Å². The summed E-state index contributed by atoms with van der Waals surface area (Å²) in [4.78, 5) is 48.7.